The molecule has 0 bridgehead atoms. The molecule has 3 nitrogen and oxygen atoms in total. The van der Waals surface area contributed by atoms with E-state index in [1.807, 2.05) is 5.32 Å². The summed E-state index contributed by atoms with van der Waals surface area (Å²) >= 11 is 0. The highest BCUT2D eigenvalue weighted by molar-refractivity contribution is 5.94. The Morgan fingerprint density at radius 1 is 1.19 bits per heavy atom. The molecule has 1 fully saturated rings. The third-order valence-electron chi connectivity index (χ3n) is 4.47. The Morgan fingerprint density at radius 3 is 2.27 bits per heavy atom. The van der Waals surface area contributed by atoms with Crippen LogP contribution in [-0.4, -0.2) is 24.7 Å². The number of carbonyl (C=O) groups is 1. The van der Waals surface area contributed by atoms with Gasteiger partial charge in [0.2, 0.25) is 0 Å². The minimum Gasteiger partial charge on any atom is -0.488 e. The van der Waals surface area contributed by atoms with E-state index < -0.39 is 47.0 Å². The van der Waals surface area contributed by atoms with Crippen molar-refractivity contribution in [2.24, 2.45) is 5.92 Å². The summed E-state index contributed by atoms with van der Waals surface area (Å²) in [5, 5.41) is 1.92. The predicted molar refractivity (Wildman–Crippen MR) is 86.0 cm³/mol. The van der Waals surface area contributed by atoms with Crippen LogP contribution in [0, 0.1) is 17.6 Å². The Hall–Kier alpha value is -1.86. The lowest BCUT2D eigenvalue weighted by Crippen LogP contribution is -2.50. The van der Waals surface area contributed by atoms with Crippen molar-refractivity contribution in [3.8, 4) is 5.75 Å². The van der Waals surface area contributed by atoms with Crippen LogP contribution in [0.3, 0.4) is 0 Å². The van der Waals surface area contributed by atoms with Gasteiger partial charge in [0, 0.05) is 5.56 Å². The number of alkyl halides is 3. The van der Waals surface area contributed by atoms with Crippen LogP contribution in [0.15, 0.2) is 12.1 Å². The average Bonchev–Trinajstić information content (AvgIpc) is 2.58. The van der Waals surface area contributed by atoms with Crippen molar-refractivity contribution in [2.45, 2.75) is 57.7 Å². The molecular formula is C18H22F5NO2. The molecule has 1 N–H and O–H groups in total. The Balaban J connectivity index is 2.18. The van der Waals surface area contributed by atoms with E-state index in [2.05, 4.69) is 0 Å². The lowest BCUT2D eigenvalue weighted by Gasteiger charge is -2.32. The number of hydrogen-bond donors (Lipinski definition) is 1. The highest BCUT2D eigenvalue weighted by Gasteiger charge is 2.45. The van der Waals surface area contributed by atoms with E-state index in [1.54, 1.807) is 6.92 Å². The van der Waals surface area contributed by atoms with Crippen LogP contribution in [0.1, 0.15) is 55.8 Å². The molecule has 0 spiro atoms. The molecule has 0 aromatic heterocycles. The minimum absolute atomic E-state index is 0.0806. The highest BCUT2D eigenvalue weighted by Crippen LogP contribution is 2.35. The predicted octanol–water partition coefficient (Wildman–Crippen LogP) is 4.99. The quantitative estimate of drug-likeness (QED) is 0.707. The first kappa shape index (κ1) is 20.5. The lowest BCUT2D eigenvalue weighted by atomic mass is 9.83. The smallest absolute Gasteiger partial charge is 0.408 e. The van der Waals surface area contributed by atoms with Crippen molar-refractivity contribution in [1.29, 1.82) is 0 Å². The Kier molecular flexibility index (Phi) is 6.83. The van der Waals surface area contributed by atoms with Crippen molar-refractivity contribution in [3.05, 3.63) is 29.3 Å². The molecule has 1 aromatic rings. The molecule has 0 aliphatic heterocycles. The number of benzene rings is 1. The summed E-state index contributed by atoms with van der Waals surface area (Å²) < 4.78 is 72.9. The van der Waals surface area contributed by atoms with Gasteiger partial charge in [-0.15, -0.1) is 0 Å². The normalized spacial score (nSPS) is 17.0. The third kappa shape index (κ3) is 5.08. The van der Waals surface area contributed by atoms with Gasteiger partial charge < -0.3 is 10.1 Å². The van der Waals surface area contributed by atoms with Gasteiger partial charge in [0.05, 0.1) is 6.61 Å². The molecule has 2 rings (SSSR count). The van der Waals surface area contributed by atoms with Crippen molar-refractivity contribution in [3.63, 3.8) is 0 Å². The molecule has 1 amide bonds. The van der Waals surface area contributed by atoms with E-state index in [0.29, 0.717) is 44.2 Å². The molecule has 26 heavy (non-hydrogen) atoms. The van der Waals surface area contributed by atoms with Crippen LogP contribution in [0.2, 0.25) is 0 Å². The number of nitrogens with one attached hydrogen (secondary N) is 1. The van der Waals surface area contributed by atoms with Crippen LogP contribution in [0.5, 0.6) is 5.75 Å². The fraction of sp³-hybridized carbons (Fsp3) is 0.611. The molecule has 1 aliphatic carbocycles. The van der Waals surface area contributed by atoms with Crippen molar-refractivity contribution in [1.82, 2.24) is 5.32 Å². The second-order valence-electron chi connectivity index (χ2n) is 6.51. The van der Waals surface area contributed by atoms with Gasteiger partial charge in [-0.2, -0.15) is 13.2 Å². The first-order valence-electron chi connectivity index (χ1n) is 8.73. The SMILES string of the molecule is CCCOc1c(F)cc(C(=O)NC(C2CCCCC2)C(F)(F)F)cc1F. The zero-order valence-corrected chi connectivity index (χ0v) is 14.5. The fourth-order valence-electron chi connectivity index (χ4n) is 3.19. The standard InChI is InChI=1S/C18H22F5NO2/c1-2-8-26-15-13(19)9-12(10-14(15)20)17(25)24-16(18(21,22)23)11-6-4-3-5-7-11/h9-11,16H,2-8H2,1H3,(H,24,25). The number of rotatable bonds is 6. The van der Waals surface area contributed by atoms with Gasteiger partial charge in [0.15, 0.2) is 17.4 Å². The van der Waals surface area contributed by atoms with Crippen molar-refractivity contribution in [2.75, 3.05) is 6.61 Å². The molecule has 1 saturated carbocycles. The number of carbonyl (C=O) groups excluding carboxylic acids is 1. The second-order valence-corrected chi connectivity index (χ2v) is 6.51. The van der Waals surface area contributed by atoms with Crippen molar-refractivity contribution < 1.29 is 31.5 Å². The summed E-state index contributed by atoms with van der Waals surface area (Å²) in [5.74, 6) is -4.76. The molecule has 1 aliphatic rings. The largest absolute Gasteiger partial charge is 0.488 e. The summed E-state index contributed by atoms with van der Waals surface area (Å²) in [4.78, 5) is 12.2. The van der Waals surface area contributed by atoms with Crippen LogP contribution in [0.4, 0.5) is 22.0 Å². The number of hydrogen-bond acceptors (Lipinski definition) is 2. The average molecular weight is 379 g/mol. The van der Waals surface area contributed by atoms with Gasteiger partial charge in [0.25, 0.3) is 5.91 Å². The molecule has 1 atom stereocenters. The van der Waals surface area contributed by atoms with Crippen LogP contribution >= 0.6 is 0 Å². The monoisotopic (exact) mass is 379 g/mol. The summed E-state index contributed by atoms with van der Waals surface area (Å²) in [5.41, 5.74) is -0.506. The third-order valence-corrected chi connectivity index (χ3v) is 4.47. The van der Waals surface area contributed by atoms with Crippen LogP contribution < -0.4 is 10.1 Å². The molecule has 0 radical (unpaired) electrons. The van der Waals surface area contributed by atoms with E-state index in [-0.39, 0.29) is 6.61 Å². The maximum Gasteiger partial charge on any atom is 0.408 e. The van der Waals surface area contributed by atoms with Gasteiger partial charge >= 0.3 is 6.18 Å². The summed E-state index contributed by atoms with van der Waals surface area (Å²) in [6.07, 6.45) is -1.19. The maximum atomic E-state index is 14.0. The number of amides is 1. The molecule has 1 aromatic carbocycles. The van der Waals surface area contributed by atoms with Crippen LogP contribution in [0.25, 0.3) is 0 Å². The fourth-order valence-corrected chi connectivity index (χ4v) is 3.19. The minimum atomic E-state index is -4.63. The summed E-state index contributed by atoms with van der Waals surface area (Å²) in [6, 6.07) is -0.646. The molecule has 146 valence electrons. The summed E-state index contributed by atoms with van der Waals surface area (Å²) in [6.45, 7) is 1.83. The maximum absolute atomic E-state index is 14.0. The first-order chi connectivity index (χ1) is 12.2. The second kappa shape index (κ2) is 8.68. The van der Waals surface area contributed by atoms with E-state index in [9.17, 15) is 26.7 Å². The molecular weight excluding hydrogens is 357 g/mol. The lowest BCUT2D eigenvalue weighted by molar-refractivity contribution is -0.167. The van der Waals surface area contributed by atoms with Gasteiger partial charge in [-0.3, -0.25) is 4.79 Å². The van der Waals surface area contributed by atoms with Gasteiger partial charge in [-0.25, -0.2) is 8.78 Å². The van der Waals surface area contributed by atoms with Crippen molar-refractivity contribution >= 4 is 5.91 Å². The Morgan fingerprint density at radius 2 is 1.77 bits per heavy atom. The zero-order chi connectivity index (χ0) is 19.3. The van der Waals surface area contributed by atoms with E-state index in [0.717, 1.165) is 6.42 Å². The molecule has 1 unspecified atom stereocenters. The van der Waals surface area contributed by atoms with E-state index >= 15 is 0 Å². The van der Waals surface area contributed by atoms with Gasteiger partial charge in [-0.1, -0.05) is 26.2 Å². The first-order valence-corrected chi connectivity index (χ1v) is 8.73. The van der Waals surface area contributed by atoms with E-state index in [1.165, 1.54) is 0 Å². The Labute approximate surface area is 148 Å². The van der Waals surface area contributed by atoms with E-state index in [4.69, 9.17) is 4.74 Å². The van der Waals surface area contributed by atoms with Crippen LogP contribution in [-0.2, 0) is 0 Å². The Bertz CT molecular complexity index is 603. The zero-order valence-electron chi connectivity index (χ0n) is 14.5. The topological polar surface area (TPSA) is 38.3 Å². The molecule has 0 saturated heterocycles. The molecule has 0 heterocycles. The highest BCUT2D eigenvalue weighted by atomic mass is 19.4. The molecule has 8 heteroatoms. The van der Waals surface area contributed by atoms with Gasteiger partial charge in [0.1, 0.15) is 6.04 Å². The number of ether oxygens (including phenoxy) is 1. The summed E-state index contributed by atoms with van der Waals surface area (Å²) in [7, 11) is 0. The van der Waals surface area contributed by atoms with Gasteiger partial charge in [-0.05, 0) is 37.3 Å². The number of halogens is 5.